The van der Waals surface area contributed by atoms with E-state index < -0.39 is 0 Å². The van der Waals surface area contributed by atoms with Crippen molar-refractivity contribution in [2.24, 2.45) is 0 Å². The number of pyridine rings is 1. The van der Waals surface area contributed by atoms with E-state index in [1.807, 2.05) is 13.8 Å². The molecule has 0 saturated carbocycles. The molecule has 0 radical (unpaired) electrons. The van der Waals surface area contributed by atoms with Crippen LogP contribution in [0.3, 0.4) is 0 Å². The number of aryl methyl sites for hydroxylation is 1. The third-order valence-corrected chi connectivity index (χ3v) is 3.57. The van der Waals surface area contributed by atoms with Gasteiger partial charge in [-0.1, -0.05) is 25.4 Å². The fourth-order valence-corrected chi connectivity index (χ4v) is 2.45. The Labute approximate surface area is 118 Å². The van der Waals surface area contributed by atoms with Crippen molar-refractivity contribution in [2.75, 3.05) is 11.9 Å². The average molecular weight is 281 g/mol. The van der Waals surface area contributed by atoms with Gasteiger partial charge in [0.2, 0.25) is 0 Å². The second kappa shape index (κ2) is 5.74. The van der Waals surface area contributed by atoms with Crippen molar-refractivity contribution in [3.05, 3.63) is 34.2 Å². The van der Waals surface area contributed by atoms with Gasteiger partial charge in [-0.25, -0.2) is 4.39 Å². The minimum atomic E-state index is -0.281. The molecule has 0 aliphatic heterocycles. The van der Waals surface area contributed by atoms with Crippen LogP contribution in [0.1, 0.15) is 31.5 Å². The van der Waals surface area contributed by atoms with Crippen LogP contribution in [0.2, 0.25) is 5.02 Å². The number of nitrogens with one attached hydrogen (secondary N) is 1. The van der Waals surface area contributed by atoms with Crippen molar-refractivity contribution in [1.82, 2.24) is 4.98 Å². The molecule has 0 aliphatic carbocycles. The van der Waals surface area contributed by atoms with Crippen LogP contribution in [0, 0.1) is 12.7 Å². The summed E-state index contributed by atoms with van der Waals surface area (Å²) in [7, 11) is 0. The summed E-state index contributed by atoms with van der Waals surface area (Å²) in [6.45, 7) is 6.90. The SMILES string of the molecule is CCCNc1c(C)c(CC)nc2c(Cl)ccc(F)c12. The van der Waals surface area contributed by atoms with E-state index >= 15 is 0 Å². The minimum absolute atomic E-state index is 0.281. The summed E-state index contributed by atoms with van der Waals surface area (Å²) >= 11 is 6.16. The van der Waals surface area contributed by atoms with Gasteiger partial charge in [-0.2, -0.15) is 0 Å². The highest BCUT2D eigenvalue weighted by Gasteiger charge is 2.16. The van der Waals surface area contributed by atoms with Crippen LogP contribution in [-0.4, -0.2) is 11.5 Å². The number of rotatable bonds is 4. The molecule has 2 nitrogen and oxygen atoms in total. The van der Waals surface area contributed by atoms with Crippen molar-refractivity contribution in [1.29, 1.82) is 0 Å². The highest BCUT2D eigenvalue weighted by molar-refractivity contribution is 6.35. The molecule has 0 spiro atoms. The number of anilines is 1. The standard InChI is InChI=1S/C15H18ClFN2/c1-4-8-18-14-9(3)12(5-2)19-15-10(16)6-7-11(17)13(14)15/h6-7H,4-5,8H2,1-3H3,(H,18,19). The van der Waals surface area contributed by atoms with Gasteiger partial charge in [0.25, 0.3) is 0 Å². The lowest BCUT2D eigenvalue weighted by Crippen LogP contribution is -2.07. The zero-order valence-corrected chi connectivity index (χ0v) is 12.2. The molecule has 1 heterocycles. The molecule has 0 amide bonds. The van der Waals surface area contributed by atoms with E-state index in [0.717, 1.165) is 36.3 Å². The number of halogens is 2. The largest absolute Gasteiger partial charge is 0.384 e. The van der Waals surface area contributed by atoms with E-state index in [1.54, 1.807) is 6.07 Å². The molecule has 1 N–H and O–H groups in total. The molecule has 19 heavy (non-hydrogen) atoms. The average Bonchev–Trinajstić information content (AvgIpc) is 2.41. The Morgan fingerprint density at radius 1 is 1.32 bits per heavy atom. The predicted octanol–water partition coefficient (Wildman–Crippen LogP) is 4.72. The molecule has 0 fully saturated rings. The fraction of sp³-hybridized carbons (Fsp3) is 0.400. The van der Waals surface area contributed by atoms with Crippen molar-refractivity contribution in [2.45, 2.75) is 33.6 Å². The Hall–Kier alpha value is -1.35. The second-order valence-electron chi connectivity index (χ2n) is 4.59. The Kier molecular flexibility index (Phi) is 4.25. The lowest BCUT2D eigenvalue weighted by molar-refractivity contribution is 0.639. The predicted molar refractivity (Wildman–Crippen MR) is 79.6 cm³/mol. The minimum Gasteiger partial charge on any atom is -0.384 e. The van der Waals surface area contributed by atoms with Gasteiger partial charge in [0.15, 0.2) is 0 Å². The van der Waals surface area contributed by atoms with Crippen molar-refractivity contribution >= 4 is 28.2 Å². The van der Waals surface area contributed by atoms with Gasteiger partial charge in [-0.05, 0) is 37.5 Å². The number of fused-ring (bicyclic) bond motifs is 1. The van der Waals surface area contributed by atoms with Gasteiger partial charge in [0.1, 0.15) is 5.82 Å². The molecule has 2 aromatic rings. The summed E-state index contributed by atoms with van der Waals surface area (Å²) in [4.78, 5) is 4.51. The number of hydrogen-bond donors (Lipinski definition) is 1. The van der Waals surface area contributed by atoms with Crippen molar-refractivity contribution < 1.29 is 4.39 Å². The van der Waals surface area contributed by atoms with Crippen molar-refractivity contribution in [3.8, 4) is 0 Å². The molecule has 4 heteroatoms. The second-order valence-corrected chi connectivity index (χ2v) is 5.00. The first-order valence-corrected chi connectivity index (χ1v) is 6.99. The third-order valence-electron chi connectivity index (χ3n) is 3.27. The maximum atomic E-state index is 14.1. The van der Waals surface area contributed by atoms with Gasteiger partial charge >= 0.3 is 0 Å². The molecule has 0 saturated heterocycles. The molecule has 0 unspecified atom stereocenters. The lowest BCUT2D eigenvalue weighted by atomic mass is 10.0. The summed E-state index contributed by atoms with van der Waals surface area (Å²) in [5.41, 5.74) is 3.33. The highest BCUT2D eigenvalue weighted by atomic mass is 35.5. The number of hydrogen-bond acceptors (Lipinski definition) is 2. The van der Waals surface area contributed by atoms with E-state index in [-0.39, 0.29) is 5.82 Å². The fourth-order valence-electron chi connectivity index (χ4n) is 2.25. The Morgan fingerprint density at radius 2 is 2.05 bits per heavy atom. The van der Waals surface area contributed by atoms with Gasteiger partial charge < -0.3 is 5.32 Å². The maximum Gasteiger partial charge on any atom is 0.134 e. The van der Waals surface area contributed by atoms with E-state index in [2.05, 4.69) is 17.2 Å². The molecule has 0 atom stereocenters. The van der Waals surface area contributed by atoms with E-state index in [4.69, 9.17) is 11.6 Å². The van der Waals surface area contributed by atoms with Gasteiger partial charge in [-0.15, -0.1) is 0 Å². The zero-order chi connectivity index (χ0) is 14.0. The van der Waals surface area contributed by atoms with Crippen LogP contribution in [0.25, 0.3) is 10.9 Å². The van der Waals surface area contributed by atoms with E-state index in [1.165, 1.54) is 6.07 Å². The van der Waals surface area contributed by atoms with Gasteiger partial charge in [0.05, 0.1) is 21.6 Å². The summed E-state index contributed by atoms with van der Waals surface area (Å²) < 4.78 is 14.1. The molecule has 0 aliphatic rings. The smallest absolute Gasteiger partial charge is 0.134 e. The first-order chi connectivity index (χ1) is 9.10. The maximum absolute atomic E-state index is 14.1. The van der Waals surface area contributed by atoms with Crippen LogP contribution in [-0.2, 0) is 6.42 Å². The quantitative estimate of drug-likeness (QED) is 0.876. The monoisotopic (exact) mass is 280 g/mol. The summed E-state index contributed by atoms with van der Waals surface area (Å²) in [5.74, 6) is -0.281. The number of aromatic nitrogens is 1. The molecule has 1 aromatic heterocycles. The summed E-state index contributed by atoms with van der Waals surface area (Å²) in [6.07, 6.45) is 1.78. The first-order valence-electron chi connectivity index (χ1n) is 6.61. The zero-order valence-electron chi connectivity index (χ0n) is 11.5. The molecular formula is C15H18ClFN2. The van der Waals surface area contributed by atoms with Crippen LogP contribution >= 0.6 is 11.6 Å². The first kappa shape index (κ1) is 14.1. The molecular weight excluding hydrogens is 263 g/mol. The van der Waals surface area contributed by atoms with Crippen molar-refractivity contribution in [3.63, 3.8) is 0 Å². The summed E-state index contributed by atoms with van der Waals surface area (Å²) in [6, 6.07) is 2.96. The molecule has 2 rings (SSSR count). The van der Waals surface area contributed by atoms with Crippen LogP contribution in [0.5, 0.6) is 0 Å². The van der Waals surface area contributed by atoms with Crippen LogP contribution < -0.4 is 5.32 Å². The Bertz CT molecular complexity index is 611. The highest BCUT2D eigenvalue weighted by Crippen LogP contribution is 2.34. The molecule has 102 valence electrons. The normalized spacial score (nSPS) is 11.0. The Balaban J connectivity index is 2.79. The molecule has 1 aromatic carbocycles. The summed E-state index contributed by atoms with van der Waals surface area (Å²) in [5, 5.41) is 4.30. The Morgan fingerprint density at radius 3 is 2.68 bits per heavy atom. The van der Waals surface area contributed by atoms with Crippen LogP contribution in [0.15, 0.2) is 12.1 Å². The molecule has 0 bridgehead atoms. The number of benzene rings is 1. The van der Waals surface area contributed by atoms with E-state index in [0.29, 0.717) is 15.9 Å². The topological polar surface area (TPSA) is 24.9 Å². The van der Waals surface area contributed by atoms with Gasteiger partial charge in [0, 0.05) is 12.2 Å². The lowest BCUT2D eigenvalue weighted by Gasteiger charge is -2.16. The third kappa shape index (κ3) is 2.52. The number of nitrogens with zero attached hydrogens (tertiary/aromatic N) is 1. The van der Waals surface area contributed by atoms with E-state index in [9.17, 15) is 4.39 Å². The van der Waals surface area contributed by atoms with Gasteiger partial charge in [-0.3, -0.25) is 4.98 Å². The van der Waals surface area contributed by atoms with Crippen LogP contribution in [0.4, 0.5) is 10.1 Å².